The van der Waals surface area contributed by atoms with Gasteiger partial charge in [-0.25, -0.2) is 0 Å². The normalized spacial score (nSPS) is 28.2. The van der Waals surface area contributed by atoms with Crippen molar-refractivity contribution in [2.24, 2.45) is 11.3 Å². The summed E-state index contributed by atoms with van der Waals surface area (Å²) in [4.78, 5) is 26.6. The lowest BCUT2D eigenvalue weighted by molar-refractivity contribution is -0.146. The zero-order chi connectivity index (χ0) is 18.3. The number of nitrogens with zero attached hydrogens (tertiary/aromatic N) is 1. The maximum Gasteiger partial charge on any atom is 0.304 e. The van der Waals surface area contributed by atoms with Gasteiger partial charge in [0.1, 0.15) is 0 Å². The highest BCUT2D eigenvalue weighted by Gasteiger charge is 2.48. The molecule has 2 rings (SSSR count). The highest BCUT2D eigenvalue weighted by molar-refractivity contribution is 5.88. The Labute approximate surface area is 151 Å². The summed E-state index contributed by atoms with van der Waals surface area (Å²) in [6.45, 7) is 8.57. The molecule has 0 saturated carbocycles. The van der Waals surface area contributed by atoms with E-state index in [0.29, 0.717) is 13.1 Å². The van der Waals surface area contributed by atoms with Gasteiger partial charge < -0.3 is 20.6 Å². The van der Waals surface area contributed by atoms with Crippen LogP contribution in [0.3, 0.4) is 0 Å². The van der Waals surface area contributed by atoms with Gasteiger partial charge in [-0.15, -0.1) is 0 Å². The van der Waals surface area contributed by atoms with Gasteiger partial charge in [-0.3, -0.25) is 9.59 Å². The first kappa shape index (κ1) is 20.2. The smallest absolute Gasteiger partial charge is 0.304 e. The van der Waals surface area contributed by atoms with Crippen molar-refractivity contribution in [3.8, 4) is 0 Å². The zero-order valence-corrected chi connectivity index (χ0v) is 15.9. The van der Waals surface area contributed by atoms with Gasteiger partial charge in [0.05, 0.1) is 11.8 Å². The average Bonchev–Trinajstić information content (AvgIpc) is 2.94. The second kappa shape index (κ2) is 9.53. The van der Waals surface area contributed by atoms with Gasteiger partial charge in [-0.1, -0.05) is 33.1 Å². The molecule has 2 fully saturated rings. The molecule has 0 spiro atoms. The Bertz CT molecular complexity index is 449. The van der Waals surface area contributed by atoms with Crippen LogP contribution in [-0.4, -0.2) is 60.6 Å². The lowest BCUT2D eigenvalue weighted by Gasteiger charge is -2.36. The highest BCUT2D eigenvalue weighted by atomic mass is 16.4. The minimum atomic E-state index is -0.896. The molecule has 2 atom stereocenters. The fourth-order valence-corrected chi connectivity index (χ4v) is 4.16. The first-order chi connectivity index (χ1) is 12.0. The fraction of sp³-hybridized carbons (Fsp3) is 0.895. The van der Waals surface area contributed by atoms with E-state index in [2.05, 4.69) is 22.5 Å². The molecule has 0 aliphatic carbocycles. The Morgan fingerprint density at radius 2 is 1.96 bits per heavy atom. The van der Waals surface area contributed by atoms with Crippen molar-refractivity contribution >= 4 is 11.9 Å². The van der Waals surface area contributed by atoms with Crippen LogP contribution in [0.4, 0.5) is 0 Å². The number of nitrogens with one attached hydrogen (secondary N) is 2. The SMILES string of the molecule is CCCCCCN1CCC(NC(=O)[C@@]2(CC(=O)O)CNC[C@H]2C)CC1. The van der Waals surface area contributed by atoms with Crippen LogP contribution < -0.4 is 10.6 Å². The molecule has 6 nitrogen and oxygen atoms in total. The van der Waals surface area contributed by atoms with Gasteiger partial charge in [0, 0.05) is 25.7 Å². The van der Waals surface area contributed by atoms with E-state index in [1.807, 2.05) is 6.92 Å². The summed E-state index contributed by atoms with van der Waals surface area (Å²) >= 11 is 0. The van der Waals surface area contributed by atoms with E-state index in [9.17, 15) is 14.7 Å². The van der Waals surface area contributed by atoms with Crippen LogP contribution in [-0.2, 0) is 9.59 Å². The van der Waals surface area contributed by atoms with Crippen molar-refractivity contribution in [3.05, 3.63) is 0 Å². The first-order valence-corrected chi connectivity index (χ1v) is 9.93. The molecule has 0 aromatic heterocycles. The molecular formula is C19H35N3O3. The van der Waals surface area contributed by atoms with E-state index in [0.717, 1.165) is 32.5 Å². The van der Waals surface area contributed by atoms with Crippen LogP contribution in [0.1, 0.15) is 58.8 Å². The predicted octanol–water partition coefficient (Wildman–Crippen LogP) is 1.85. The monoisotopic (exact) mass is 353 g/mol. The number of rotatable bonds is 9. The minimum absolute atomic E-state index is 0.0438. The third-order valence-electron chi connectivity index (χ3n) is 6.00. The molecule has 2 aliphatic rings. The molecule has 0 aromatic rings. The van der Waals surface area contributed by atoms with E-state index in [-0.39, 0.29) is 24.3 Å². The molecule has 2 heterocycles. The third-order valence-corrected chi connectivity index (χ3v) is 6.00. The summed E-state index contributed by atoms with van der Waals surface area (Å²) in [5.74, 6) is -0.927. The van der Waals surface area contributed by atoms with Crippen molar-refractivity contribution in [1.82, 2.24) is 15.5 Å². The second-order valence-electron chi connectivity index (χ2n) is 7.91. The molecule has 0 unspecified atom stereocenters. The molecule has 0 bridgehead atoms. The number of hydrogen-bond acceptors (Lipinski definition) is 4. The minimum Gasteiger partial charge on any atom is -0.481 e. The molecule has 25 heavy (non-hydrogen) atoms. The number of hydrogen-bond donors (Lipinski definition) is 3. The lowest BCUT2D eigenvalue weighted by atomic mass is 9.75. The molecular weight excluding hydrogens is 318 g/mol. The van der Waals surface area contributed by atoms with Crippen LogP contribution in [0, 0.1) is 11.3 Å². The fourth-order valence-electron chi connectivity index (χ4n) is 4.16. The Kier molecular flexibility index (Phi) is 7.69. The summed E-state index contributed by atoms with van der Waals surface area (Å²) in [5.41, 5.74) is -0.802. The van der Waals surface area contributed by atoms with E-state index in [1.54, 1.807) is 0 Å². The van der Waals surface area contributed by atoms with E-state index < -0.39 is 11.4 Å². The maximum absolute atomic E-state index is 12.9. The summed E-state index contributed by atoms with van der Waals surface area (Å²) in [7, 11) is 0. The quantitative estimate of drug-likeness (QED) is 0.551. The Balaban J connectivity index is 1.80. The van der Waals surface area contributed by atoms with Gasteiger partial charge in [0.25, 0.3) is 0 Å². The van der Waals surface area contributed by atoms with Crippen molar-refractivity contribution in [3.63, 3.8) is 0 Å². The molecule has 0 radical (unpaired) electrons. The Morgan fingerprint density at radius 3 is 2.52 bits per heavy atom. The highest BCUT2D eigenvalue weighted by Crippen LogP contribution is 2.35. The summed E-state index contributed by atoms with van der Waals surface area (Å²) in [6.07, 6.45) is 6.97. The van der Waals surface area contributed by atoms with E-state index >= 15 is 0 Å². The molecule has 0 aromatic carbocycles. The van der Waals surface area contributed by atoms with Crippen LogP contribution in [0.25, 0.3) is 0 Å². The van der Waals surface area contributed by atoms with Crippen molar-refractivity contribution in [2.75, 3.05) is 32.7 Å². The zero-order valence-electron chi connectivity index (χ0n) is 15.9. The second-order valence-corrected chi connectivity index (χ2v) is 7.91. The van der Waals surface area contributed by atoms with Crippen molar-refractivity contribution in [2.45, 2.75) is 64.8 Å². The number of carbonyl (C=O) groups excluding carboxylic acids is 1. The topological polar surface area (TPSA) is 81.7 Å². The average molecular weight is 354 g/mol. The number of amides is 1. The summed E-state index contributed by atoms with van der Waals surface area (Å²) in [5, 5.41) is 15.6. The number of unbranched alkanes of at least 4 members (excludes halogenated alkanes) is 3. The van der Waals surface area contributed by atoms with Crippen LogP contribution in [0.2, 0.25) is 0 Å². The van der Waals surface area contributed by atoms with Crippen molar-refractivity contribution < 1.29 is 14.7 Å². The Morgan fingerprint density at radius 1 is 1.24 bits per heavy atom. The maximum atomic E-state index is 12.9. The number of carboxylic acids is 1. The van der Waals surface area contributed by atoms with Crippen LogP contribution >= 0.6 is 0 Å². The number of carbonyl (C=O) groups is 2. The van der Waals surface area contributed by atoms with Crippen LogP contribution in [0.5, 0.6) is 0 Å². The summed E-state index contributed by atoms with van der Waals surface area (Å²) in [6, 6.07) is 0.179. The van der Waals surface area contributed by atoms with E-state index in [4.69, 9.17) is 0 Å². The molecule has 144 valence electrons. The lowest BCUT2D eigenvalue weighted by Crippen LogP contribution is -2.52. The largest absolute Gasteiger partial charge is 0.481 e. The number of piperidine rings is 1. The van der Waals surface area contributed by atoms with Gasteiger partial charge in [-0.2, -0.15) is 0 Å². The van der Waals surface area contributed by atoms with Crippen molar-refractivity contribution in [1.29, 1.82) is 0 Å². The van der Waals surface area contributed by atoms with E-state index in [1.165, 1.54) is 25.7 Å². The molecule has 2 saturated heterocycles. The van der Waals surface area contributed by atoms with Gasteiger partial charge in [0.15, 0.2) is 0 Å². The standard InChI is InChI=1S/C19H35N3O3/c1-3-4-5-6-9-22-10-7-16(8-11-22)21-18(25)19(12-17(23)24)14-20-13-15(19)2/h15-16,20H,3-14H2,1-2H3,(H,21,25)(H,23,24)/t15-,19+/m1/s1. The van der Waals surface area contributed by atoms with Gasteiger partial charge in [-0.05, 0) is 38.3 Å². The Hall–Kier alpha value is -1.14. The molecule has 2 aliphatic heterocycles. The predicted molar refractivity (Wildman–Crippen MR) is 98.5 cm³/mol. The number of aliphatic carboxylic acids is 1. The van der Waals surface area contributed by atoms with Gasteiger partial charge in [0.2, 0.25) is 5.91 Å². The molecule has 1 amide bonds. The number of carboxylic acid groups (broad SMARTS) is 1. The first-order valence-electron chi connectivity index (χ1n) is 9.93. The third kappa shape index (κ3) is 5.42. The van der Waals surface area contributed by atoms with Gasteiger partial charge >= 0.3 is 5.97 Å². The molecule has 3 N–H and O–H groups in total. The van der Waals surface area contributed by atoms with Crippen LogP contribution in [0.15, 0.2) is 0 Å². The summed E-state index contributed by atoms with van der Waals surface area (Å²) < 4.78 is 0. The number of likely N-dealkylation sites (tertiary alicyclic amines) is 1. The molecule has 6 heteroatoms.